The van der Waals surface area contributed by atoms with Gasteiger partial charge in [-0.2, -0.15) is 5.10 Å². The Hall–Kier alpha value is -0.310. The van der Waals surface area contributed by atoms with Crippen molar-refractivity contribution in [2.45, 2.75) is 32.0 Å². The first-order valence-electron chi connectivity index (χ1n) is 3.94. The molecule has 1 heterocycles. The minimum absolute atomic E-state index is 0.913. The molecule has 0 saturated carbocycles. The van der Waals surface area contributed by atoms with E-state index in [1.807, 2.05) is 0 Å². The fourth-order valence-corrected chi connectivity index (χ4v) is 1.85. The molecule has 3 heteroatoms. The Balaban J connectivity index is 2.99. The third-order valence-electron chi connectivity index (χ3n) is 1.86. The number of aromatic amines is 1. The van der Waals surface area contributed by atoms with Crippen LogP contribution in [0.2, 0.25) is 0 Å². The largest absolute Gasteiger partial charge is 0.282 e. The summed E-state index contributed by atoms with van der Waals surface area (Å²) in [4.78, 5) is 0. The van der Waals surface area contributed by atoms with E-state index in [4.69, 9.17) is 0 Å². The lowest BCUT2D eigenvalue weighted by atomic mass is 10.1. The lowest BCUT2D eigenvalue weighted by Crippen LogP contribution is -1.88. The molecule has 0 saturated heterocycles. The van der Waals surface area contributed by atoms with E-state index in [0.717, 1.165) is 18.2 Å². The normalized spacial score (nSPS) is 10.5. The second-order valence-electron chi connectivity index (χ2n) is 2.47. The summed E-state index contributed by atoms with van der Waals surface area (Å²) in [6, 6.07) is 0. The topological polar surface area (TPSA) is 28.7 Å². The van der Waals surface area contributed by atoms with Crippen LogP contribution in [-0.2, 0) is 18.2 Å². The van der Waals surface area contributed by atoms with Crippen LogP contribution in [0, 0.1) is 0 Å². The minimum atomic E-state index is 0.913. The van der Waals surface area contributed by atoms with Crippen molar-refractivity contribution in [2.75, 3.05) is 0 Å². The van der Waals surface area contributed by atoms with Gasteiger partial charge in [-0.05, 0) is 12.8 Å². The number of halogens is 1. The number of hydrogen-bond acceptors (Lipinski definition) is 1. The van der Waals surface area contributed by atoms with Crippen LogP contribution < -0.4 is 0 Å². The molecule has 0 aliphatic rings. The fraction of sp³-hybridized carbons (Fsp3) is 0.625. The third kappa shape index (κ3) is 1.64. The molecule has 1 N–H and O–H groups in total. The molecule has 0 aromatic carbocycles. The number of aromatic nitrogens is 2. The summed E-state index contributed by atoms with van der Waals surface area (Å²) in [5, 5.41) is 8.18. The molecule has 1 aromatic rings. The van der Waals surface area contributed by atoms with Gasteiger partial charge in [0.2, 0.25) is 0 Å². The maximum absolute atomic E-state index is 4.22. The summed E-state index contributed by atoms with van der Waals surface area (Å²) in [6.07, 6.45) is 2.05. The van der Waals surface area contributed by atoms with Crippen molar-refractivity contribution in [3.05, 3.63) is 17.0 Å². The van der Waals surface area contributed by atoms with Crippen LogP contribution in [0.3, 0.4) is 0 Å². The lowest BCUT2D eigenvalue weighted by Gasteiger charge is -1.96. The minimum Gasteiger partial charge on any atom is -0.282 e. The fourth-order valence-electron chi connectivity index (χ4n) is 1.19. The number of rotatable bonds is 3. The third-order valence-corrected chi connectivity index (χ3v) is 2.42. The van der Waals surface area contributed by atoms with Gasteiger partial charge in [0.15, 0.2) is 0 Å². The van der Waals surface area contributed by atoms with Crippen LogP contribution in [-0.4, -0.2) is 10.2 Å². The van der Waals surface area contributed by atoms with E-state index in [1.54, 1.807) is 0 Å². The van der Waals surface area contributed by atoms with Gasteiger partial charge in [0, 0.05) is 16.6 Å². The van der Waals surface area contributed by atoms with Gasteiger partial charge in [0.05, 0.1) is 5.69 Å². The zero-order valence-corrected chi connectivity index (χ0v) is 8.53. The molecule has 0 unspecified atom stereocenters. The van der Waals surface area contributed by atoms with Crippen molar-refractivity contribution in [3.8, 4) is 0 Å². The SMILES string of the molecule is CCc1n[nH]c(CC)c1CBr. The number of nitrogens with zero attached hydrogens (tertiary/aromatic N) is 1. The average molecular weight is 217 g/mol. The Kier molecular flexibility index (Phi) is 3.12. The first kappa shape index (κ1) is 8.78. The predicted molar refractivity (Wildman–Crippen MR) is 50.0 cm³/mol. The highest BCUT2D eigenvalue weighted by Gasteiger charge is 2.07. The van der Waals surface area contributed by atoms with Crippen molar-refractivity contribution in [1.82, 2.24) is 10.2 Å². The van der Waals surface area contributed by atoms with Gasteiger partial charge < -0.3 is 0 Å². The molecule has 11 heavy (non-hydrogen) atoms. The molecule has 1 rings (SSSR count). The van der Waals surface area contributed by atoms with E-state index in [-0.39, 0.29) is 0 Å². The van der Waals surface area contributed by atoms with Crippen LogP contribution >= 0.6 is 15.9 Å². The zero-order chi connectivity index (χ0) is 8.27. The first-order valence-corrected chi connectivity index (χ1v) is 5.06. The van der Waals surface area contributed by atoms with E-state index >= 15 is 0 Å². The molecule has 0 atom stereocenters. The quantitative estimate of drug-likeness (QED) is 0.774. The van der Waals surface area contributed by atoms with E-state index in [0.29, 0.717) is 0 Å². The Bertz CT molecular complexity index is 208. The molecule has 2 nitrogen and oxygen atoms in total. The Morgan fingerprint density at radius 1 is 1.36 bits per heavy atom. The highest BCUT2D eigenvalue weighted by molar-refractivity contribution is 9.08. The molecular weight excluding hydrogens is 204 g/mol. The van der Waals surface area contributed by atoms with Gasteiger partial charge in [-0.25, -0.2) is 0 Å². The van der Waals surface area contributed by atoms with Gasteiger partial charge in [0.25, 0.3) is 0 Å². The molecule has 0 bridgehead atoms. The molecule has 0 spiro atoms. The van der Waals surface area contributed by atoms with Gasteiger partial charge in [0.1, 0.15) is 0 Å². The number of nitrogens with one attached hydrogen (secondary N) is 1. The average Bonchev–Trinajstić information content (AvgIpc) is 2.45. The first-order chi connectivity index (χ1) is 5.33. The van der Waals surface area contributed by atoms with Gasteiger partial charge >= 0.3 is 0 Å². The van der Waals surface area contributed by atoms with E-state index in [9.17, 15) is 0 Å². The highest BCUT2D eigenvalue weighted by atomic mass is 79.9. The van der Waals surface area contributed by atoms with E-state index in [1.165, 1.54) is 17.0 Å². The van der Waals surface area contributed by atoms with Gasteiger partial charge in [-0.1, -0.05) is 29.8 Å². The van der Waals surface area contributed by atoms with Crippen LogP contribution in [0.5, 0.6) is 0 Å². The van der Waals surface area contributed by atoms with Crippen LogP contribution in [0.15, 0.2) is 0 Å². The smallest absolute Gasteiger partial charge is 0.0662 e. The highest BCUT2D eigenvalue weighted by Crippen LogP contribution is 2.15. The molecule has 0 aliphatic carbocycles. The molecule has 0 aliphatic heterocycles. The molecule has 0 amide bonds. The summed E-state index contributed by atoms with van der Waals surface area (Å²) < 4.78 is 0. The summed E-state index contributed by atoms with van der Waals surface area (Å²) in [5.74, 6) is 0. The van der Waals surface area contributed by atoms with Crippen molar-refractivity contribution in [3.63, 3.8) is 0 Å². The second-order valence-corrected chi connectivity index (χ2v) is 3.03. The summed E-state index contributed by atoms with van der Waals surface area (Å²) >= 11 is 3.46. The molecule has 0 fully saturated rings. The van der Waals surface area contributed by atoms with Crippen LogP contribution in [0.1, 0.15) is 30.8 Å². The van der Waals surface area contributed by atoms with Gasteiger partial charge in [-0.15, -0.1) is 0 Å². The van der Waals surface area contributed by atoms with Crippen molar-refractivity contribution in [1.29, 1.82) is 0 Å². The molecular formula is C8H13BrN2. The molecule has 0 radical (unpaired) electrons. The van der Waals surface area contributed by atoms with Crippen LogP contribution in [0.25, 0.3) is 0 Å². The number of H-pyrrole nitrogens is 1. The molecule has 62 valence electrons. The van der Waals surface area contributed by atoms with Crippen molar-refractivity contribution >= 4 is 15.9 Å². The Labute approximate surface area is 75.5 Å². The maximum atomic E-state index is 4.22. The monoisotopic (exact) mass is 216 g/mol. The Morgan fingerprint density at radius 2 is 2.09 bits per heavy atom. The van der Waals surface area contributed by atoms with Crippen LogP contribution in [0.4, 0.5) is 0 Å². The van der Waals surface area contributed by atoms with E-state index < -0.39 is 0 Å². The van der Waals surface area contributed by atoms with Gasteiger partial charge in [-0.3, -0.25) is 5.10 Å². The lowest BCUT2D eigenvalue weighted by molar-refractivity contribution is 0.936. The van der Waals surface area contributed by atoms with Crippen molar-refractivity contribution < 1.29 is 0 Å². The number of alkyl halides is 1. The maximum Gasteiger partial charge on any atom is 0.0662 e. The standard InChI is InChI=1S/C8H13BrN2/c1-3-7-6(5-9)8(4-2)11-10-7/h3-5H2,1-2H3,(H,10,11). The summed E-state index contributed by atoms with van der Waals surface area (Å²) in [7, 11) is 0. The Morgan fingerprint density at radius 3 is 2.55 bits per heavy atom. The number of hydrogen-bond donors (Lipinski definition) is 1. The zero-order valence-electron chi connectivity index (χ0n) is 6.95. The summed E-state index contributed by atoms with van der Waals surface area (Å²) in [6.45, 7) is 4.26. The summed E-state index contributed by atoms with van der Waals surface area (Å²) in [5.41, 5.74) is 3.80. The number of aryl methyl sites for hydroxylation is 2. The molecule has 1 aromatic heterocycles. The second kappa shape index (κ2) is 3.90. The van der Waals surface area contributed by atoms with E-state index in [2.05, 4.69) is 40.0 Å². The van der Waals surface area contributed by atoms with Crippen molar-refractivity contribution in [2.24, 2.45) is 0 Å². The predicted octanol–water partition coefficient (Wildman–Crippen LogP) is 2.43.